The summed E-state index contributed by atoms with van der Waals surface area (Å²) in [5.41, 5.74) is 2.19. The van der Waals surface area contributed by atoms with E-state index in [1.165, 1.54) is 0 Å². The van der Waals surface area contributed by atoms with Gasteiger partial charge in [0.25, 0.3) is 0 Å². The van der Waals surface area contributed by atoms with Gasteiger partial charge in [0.2, 0.25) is 0 Å². The number of nitrogens with one attached hydrogen (secondary N) is 2. The highest BCUT2D eigenvalue weighted by Gasteiger charge is 2.10. The topological polar surface area (TPSA) is 87.1 Å². The average molecular weight is 296 g/mol. The molecular formula is C16H16N4O2. The molecule has 0 aliphatic heterocycles. The molecule has 0 bridgehead atoms. The molecule has 3 rings (SSSR count). The standard InChI is InChI=1S/C16H16N4O2/c21-9-3-8-19-16(22)20-13-10-11-4-1-6-17-14(11)12-5-2-7-18-15(12)13/h1-2,4-7,10,21H,3,8-9H2,(H2,19,20,22). The fraction of sp³-hybridized carbons (Fsp3) is 0.188. The summed E-state index contributed by atoms with van der Waals surface area (Å²) in [4.78, 5) is 20.7. The van der Waals surface area contributed by atoms with Crippen LogP contribution in [0.15, 0.2) is 42.7 Å². The highest BCUT2D eigenvalue weighted by molar-refractivity contribution is 6.11. The average Bonchev–Trinajstić information content (AvgIpc) is 2.55. The van der Waals surface area contributed by atoms with Crippen LogP contribution in [-0.2, 0) is 0 Å². The number of anilines is 1. The molecule has 0 saturated heterocycles. The molecule has 3 aromatic rings. The minimum absolute atomic E-state index is 0.0480. The molecule has 0 radical (unpaired) electrons. The summed E-state index contributed by atoms with van der Waals surface area (Å²) in [5.74, 6) is 0. The molecule has 2 amide bonds. The Morgan fingerprint density at radius 2 is 1.91 bits per heavy atom. The molecule has 2 heterocycles. The smallest absolute Gasteiger partial charge is 0.319 e. The van der Waals surface area contributed by atoms with Crippen LogP contribution in [-0.4, -0.2) is 34.3 Å². The van der Waals surface area contributed by atoms with Gasteiger partial charge in [0.15, 0.2) is 0 Å². The molecule has 0 aliphatic carbocycles. The summed E-state index contributed by atoms with van der Waals surface area (Å²) >= 11 is 0. The van der Waals surface area contributed by atoms with Crippen molar-refractivity contribution in [3.8, 4) is 0 Å². The Bertz CT molecular complexity index is 819. The Morgan fingerprint density at radius 3 is 2.73 bits per heavy atom. The number of pyridine rings is 2. The number of hydrogen-bond donors (Lipinski definition) is 3. The minimum Gasteiger partial charge on any atom is -0.396 e. The number of urea groups is 1. The third-order valence-electron chi connectivity index (χ3n) is 3.33. The van der Waals surface area contributed by atoms with Crippen molar-refractivity contribution in [2.75, 3.05) is 18.5 Å². The van der Waals surface area contributed by atoms with E-state index in [1.54, 1.807) is 12.4 Å². The van der Waals surface area contributed by atoms with Gasteiger partial charge < -0.3 is 15.7 Å². The van der Waals surface area contributed by atoms with Crippen molar-refractivity contribution in [3.63, 3.8) is 0 Å². The van der Waals surface area contributed by atoms with E-state index in [2.05, 4.69) is 20.6 Å². The monoisotopic (exact) mass is 296 g/mol. The molecule has 0 unspecified atom stereocenters. The summed E-state index contributed by atoms with van der Waals surface area (Å²) in [7, 11) is 0. The van der Waals surface area contributed by atoms with Gasteiger partial charge in [0.1, 0.15) is 0 Å². The molecular weight excluding hydrogens is 280 g/mol. The maximum atomic E-state index is 11.9. The van der Waals surface area contributed by atoms with Gasteiger partial charge in [-0.25, -0.2) is 4.79 Å². The molecule has 0 spiro atoms. The molecule has 1 aromatic carbocycles. The van der Waals surface area contributed by atoms with Crippen molar-refractivity contribution < 1.29 is 9.90 Å². The number of aliphatic hydroxyl groups is 1. The van der Waals surface area contributed by atoms with E-state index in [9.17, 15) is 4.79 Å². The first kappa shape index (κ1) is 14.2. The summed E-state index contributed by atoms with van der Waals surface area (Å²) in [6.45, 7) is 0.468. The van der Waals surface area contributed by atoms with Gasteiger partial charge in [-0.15, -0.1) is 0 Å². The van der Waals surface area contributed by atoms with Gasteiger partial charge in [-0.2, -0.15) is 0 Å². The van der Waals surface area contributed by atoms with Crippen molar-refractivity contribution in [1.82, 2.24) is 15.3 Å². The molecule has 0 atom stereocenters. The lowest BCUT2D eigenvalue weighted by Gasteiger charge is -2.11. The Kier molecular flexibility index (Phi) is 4.11. The van der Waals surface area contributed by atoms with Crippen molar-refractivity contribution in [1.29, 1.82) is 0 Å². The number of carbonyl (C=O) groups excluding carboxylic acids is 1. The first-order chi connectivity index (χ1) is 10.8. The number of aromatic nitrogens is 2. The number of fused-ring (bicyclic) bond motifs is 3. The molecule has 0 aliphatic rings. The van der Waals surface area contributed by atoms with Crippen molar-refractivity contribution in [2.45, 2.75) is 6.42 Å². The lowest BCUT2D eigenvalue weighted by atomic mass is 10.1. The lowest BCUT2D eigenvalue weighted by Crippen LogP contribution is -2.30. The van der Waals surface area contributed by atoms with E-state index in [0.29, 0.717) is 24.2 Å². The molecule has 0 fully saturated rings. The van der Waals surface area contributed by atoms with Crippen molar-refractivity contribution in [2.24, 2.45) is 0 Å². The lowest BCUT2D eigenvalue weighted by molar-refractivity contribution is 0.249. The first-order valence-corrected chi connectivity index (χ1v) is 7.08. The Labute approximate surface area is 127 Å². The zero-order valence-corrected chi connectivity index (χ0v) is 11.9. The zero-order chi connectivity index (χ0) is 15.4. The number of hydrogen-bond acceptors (Lipinski definition) is 4. The minimum atomic E-state index is -0.316. The summed E-state index contributed by atoms with van der Waals surface area (Å²) in [6, 6.07) is 9.14. The third kappa shape index (κ3) is 2.82. The number of amides is 2. The van der Waals surface area contributed by atoms with Crippen LogP contribution in [0, 0.1) is 0 Å². The molecule has 6 nitrogen and oxygen atoms in total. The fourth-order valence-electron chi connectivity index (χ4n) is 2.34. The van der Waals surface area contributed by atoms with Gasteiger partial charge in [-0.3, -0.25) is 9.97 Å². The van der Waals surface area contributed by atoms with E-state index in [1.807, 2.05) is 30.3 Å². The number of carbonyl (C=O) groups is 1. The normalized spacial score (nSPS) is 10.8. The van der Waals surface area contributed by atoms with Crippen molar-refractivity contribution >= 4 is 33.5 Å². The molecule has 22 heavy (non-hydrogen) atoms. The number of nitrogens with zero attached hydrogens (tertiary/aromatic N) is 2. The van der Waals surface area contributed by atoms with Crippen LogP contribution in [0.2, 0.25) is 0 Å². The Balaban J connectivity index is 1.99. The van der Waals surface area contributed by atoms with Crippen LogP contribution in [0.1, 0.15) is 6.42 Å². The second-order valence-corrected chi connectivity index (χ2v) is 4.86. The van der Waals surface area contributed by atoms with Crippen LogP contribution in [0.3, 0.4) is 0 Å². The SMILES string of the molecule is O=C(NCCCO)Nc1cc2cccnc2c2cccnc12. The van der Waals surface area contributed by atoms with Gasteiger partial charge in [0, 0.05) is 36.3 Å². The largest absolute Gasteiger partial charge is 0.396 e. The van der Waals surface area contributed by atoms with Crippen LogP contribution in [0.25, 0.3) is 21.8 Å². The maximum Gasteiger partial charge on any atom is 0.319 e. The summed E-state index contributed by atoms with van der Waals surface area (Å²) in [6.07, 6.45) is 3.95. The van der Waals surface area contributed by atoms with Crippen LogP contribution in [0.4, 0.5) is 10.5 Å². The molecule has 112 valence electrons. The van der Waals surface area contributed by atoms with E-state index >= 15 is 0 Å². The van der Waals surface area contributed by atoms with E-state index in [0.717, 1.165) is 16.3 Å². The zero-order valence-electron chi connectivity index (χ0n) is 11.9. The fourth-order valence-corrected chi connectivity index (χ4v) is 2.34. The van der Waals surface area contributed by atoms with E-state index in [-0.39, 0.29) is 12.6 Å². The highest BCUT2D eigenvalue weighted by Crippen LogP contribution is 2.28. The number of rotatable bonds is 4. The molecule has 0 saturated carbocycles. The first-order valence-electron chi connectivity index (χ1n) is 7.08. The van der Waals surface area contributed by atoms with Gasteiger partial charge in [-0.05, 0) is 30.7 Å². The predicted molar refractivity (Wildman–Crippen MR) is 85.8 cm³/mol. The summed E-state index contributed by atoms with van der Waals surface area (Å²) in [5, 5.41) is 16.1. The van der Waals surface area contributed by atoms with Crippen LogP contribution >= 0.6 is 0 Å². The van der Waals surface area contributed by atoms with Gasteiger partial charge >= 0.3 is 6.03 Å². The second-order valence-electron chi connectivity index (χ2n) is 4.86. The predicted octanol–water partition coefficient (Wildman–Crippen LogP) is 2.29. The number of aliphatic hydroxyl groups excluding tert-OH is 1. The van der Waals surface area contributed by atoms with E-state index in [4.69, 9.17) is 5.11 Å². The quantitative estimate of drug-likeness (QED) is 0.509. The van der Waals surface area contributed by atoms with Gasteiger partial charge in [-0.1, -0.05) is 6.07 Å². The van der Waals surface area contributed by atoms with E-state index < -0.39 is 0 Å². The molecule has 2 aromatic heterocycles. The number of benzene rings is 1. The second kappa shape index (κ2) is 6.36. The Hall–Kier alpha value is -2.73. The Morgan fingerprint density at radius 1 is 1.14 bits per heavy atom. The third-order valence-corrected chi connectivity index (χ3v) is 3.33. The molecule has 6 heteroatoms. The highest BCUT2D eigenvalue weighted by atomic mass is 16.3. The van der Waals surface area contributed by atoms with Crippen LogP contribution in [0.5, 0.6) is 0 Å². The van der Waals surface area contributed by atoms with Crippen LogP contribution < -0.4 is 10.6 Å². The molecule has 3 N–H and O–H groups in total. The van der Waals surface area contributed by atoms with Gasteiger partial charge in [0.05, 0.1) is 16.7 Å². The summed E-state index contributed by atoms with van der Waals surface area (Å²) < 4.78 is 0. The maximum absolute atomic E-state index is 11.9. The van der Waals surface area contributed by atoms with Crippen molar-refractivity contribution in [3.05, 3.63) is 42.7 Å².